The summed E-state index contributed by atoms with van der Waals surface area (Å²) in [4.78, 5) is 26.4. The minimum Gasteiger partial charge on any atom is -0.352 e. The summed E-state index contributed by atoms with van der Waals surface area (Å²) in [5.74, 6) is -0.559. The monoisotopic (exact) mass is 376 g/mol. The first-order chi connectivity index (χ1) is 12.0. The molecule has 1 atom stereocenters. The number of nitrogens with one attached hydrogen (secondary N) is 1. The summed E-state index contributed by atoms with van der Waals surface area (Å²) >= 11 is 12.1. The van der Waals surface area contributed by atoms with Gasteiger partial charge in [0.05, 0.1) is 5.92 Å². The van der Waals surface area contributed by atoms with Crippen LogP contribution < -0.4 is 10.2 Å². The Labute approximate surface area is 156 Å². The third-order valence-corrected chi connectivity index (χ3v) is 4.96. The second-order valence-electron chi connectivity index (χ2n) is 6.15. The average Bonchev–Trinajstić information content (AvgIpc) is 2.96. The molecule has 1 fully saturated rings. The van der Waals surface area contributed by atoms with Crippen LogP contribution >= 0.6 is 23.2 Å². The van der Waals surface area contributed by atoms with Gasteiger partial charge in [-0.1, -0.05) is 41.4 Å². The highest BCUT2D eigenvalue weighted by Crippen LogP contribution is 2.29. The van der Waals surface area contributed by atoms with Crippen molar-refractivity contribution in [3.63, 3.8) is 0 Å². The minimum atomic E-state index is -0.370. The first kappa shape index (κ1) is 17.8. The van der Waals surface area contributed by atoms with Gasteiger partial charge in [-0.25, -0.2) is 0 Å². The quantitative estimate of drug-likeness (QED) is 0.877. The average molecular weight is 377 g/mol. The van der Waals surface area contributed by atoms with Crippen LogP contribution in [0.15, 0.2) is 42.5 Å². The SMILES string of the molecule is Cc1cc(Cl)ccc1N1CC(C(=O)NCc2ccccc2Cl)CC1=O. The summed E-state index contributed by atoms with van der Waals surface area (Å²) in [5.41, 5.74) is 2.57. The highest BCUT2D eigenvalue weighted by Gasteiger charge is 2.35. The first-order valence-corrected chi connectivity index (χ1v) is 8.79. The summed E-state index contributed by atoms with van der Waals surface area (Å²) in [6.07, 6.45) is 0.205. The maximum atomic E-state index is 12.4. The minimum absolute atomic E-state index is 0.0525. The Hall–Kier alpha value is -2.04. The molecule has 0 radical (unpaired) electrons. The molecule has 1 aliphatic rings. The molecule has 25 heavy (non-hydrogen) atoms. The lowest BCUT2D eigenvalue weighted by Crippen LogP contribution is -2.32. The zero-order valence-electron chi connectivity index (χ0n) is 13.8. The van der Waals surface area contributed by atoms with Crippen LogP contribution in [-0.4, -0.2) is 18.4 Å². The van der Waals surface area contributed by atoms with E-state index in [1.807, 2.05) is 37.3 Å². The molecule has 1 unspecified atom stereocenters. The van der Waals surface area contributed by atoms with Crippen LogP contribution in [-0.2, 0) is 16.1 Å². The lowest BCUT2D eigenvalue weighted by molar-refractivity contribution is -0.126. The summed E-state index contributed by atoms with van der Waals surface area (Å²) in [5, 5.41) is 4.12. The Morgan fingerprint density at radius 3 is 2.72 bits per heavy atom. The largest absolute Gasteiger partial charge is 0.352 e. The number of aryl methyl sites for hydroxylation is 1. The molecule has 130 valence electrons. The lowest BCUT2D eigenvalue weighted by atomic mass is 10.1. The molecule has 4 nitrogen and oxygen atoms in total. The topological polar surface area (TPSA) is 49.4 Å². The molecular formula is C19H18Cl2N2O2. The van der Waals surface area contributed by atoms with E-state index in [2.05, 4.69) is 5.32 Å². The highest BCUT2D eigenvalue weighted by molar-refractivity contribution is 6.31. The van der Waals surface area contributed by atoms with Crippen molar-refractivity contribution in [2.75, 3.05) is 11.4 Å². The zero-order valence-corrected chi connectivity index (χ0v) is 15.3. The molecule has 1 heterocycles. The molecule has 1 aliphatic heterocycles. The van der Waals surface area contributed by atoms with Crippen molar-refractivity contribution >= 4 is 40.7 Å². The van der Waals surface area contributed by atoms with Crippen LogP contribution in [0, 0.1) is 12.8 Å². The van der Waals surface area contributed by atoms with Crippen LogP contribution in [0.5, 0.6) is 0 Å². The first-order valence-electron chi connectivity index (χ1n) is 8.03. The number of anilines is 1. The summed E-state index contributed by atoms with van der Waals surface area (Å²) in [7, 11) is 0. The van der Waals surface area contributed by atoms with Gasteiger partial charge in [0.25, 0.3) is 0 Å². The van der Waals surface area contributed by atoms with Crippen LogP contribution in [0.1, 0.15) is 17.5 Å². The maximum Gasteiger partial charge on any atom is 0.227 e. The van der Waals surface area contributed by atoms with Gasteiger partial charge in [0.15, 0.2) is 0 Å². The molecule has 3 rings (SSSR count). The van der Waals surface area contributed by atoms with Gasteiger partial charge in [-0.05, 0) is 42.3 Å². The predicted octanol–water partition coefficient (Wildman–Crippen LogP) is 3.97. The van der Waals surface area contributed by atoms with Crippen LogP contribution in [0.2, 0.25) is 10.0 Å². The number of carbonyl (C=O) groups is 2. The normalized spacial score (nSPS) is 17.0. The van der Waals surface area contributed by atoms with Gasteiger partial charge in [-0.15, -0.1) is 0 Å². The van der Waals surface area contributed by atoms with Crippen molar-refractivity contribution in [2.45, 2.75) is 19.9 Å². The molecule has 0 saturated carbocycles. The lowest BCUT2D eigenvalue weighted by Gasteiger charge is -2.19. The van der Waals surface area contributed by atoms with E-state index in [-0.39, 0.29) is 24.2 Å². The van der Waals surface area contributed by atoms with E-state index in [0.29, 0.717) is 23.1 Å². The fourth-order valence-electron chi connectivity index (χ4n) is 3.01. The van der Waals surface area contributed by atoms with E-state index < -0.39 is 0 Å². The number of amides is 2. The van der Waals surface area contributed by atoms with E-state index in [1.54, 1.807) is 17.0 Å². The standard InChI is InChI=1S/C19H18Cl2N2O2/c1-12-8-15(20)6-7-17(12)23-11-14(9-18(23)24)19(25)22-10-13-4-2-3-5-16(13)21/h2-8,14H,9-11H2,1H3,(H,22,25). The number of benzene rings is 2. The Balaban J connectivity index is 1.65. The highest BCUT2D eigenvalue weighted by atomic mass is 35.5. The molecule has 0 spiro atoms. The molecule has 2 aromatic carbocycles. The van der Waals surface area contributed by atoms with Gasteiger partial charge in [0, 0.05) is 35.2 Å². The third-order valence-electron chi connectivity index (χ3n) is 4.36. The number of hydrogen-bond donors (Lipinski definition) is 1. The van der Waals surface area contributed by atoms with Gasteiger partial charge in [-0.3, -0.25) is 9.59 Å². The molecule has 6 heteroatoms. The number of carbonyl (C=O) groups excluding carboxylic acids is 2. The molecule has 1 saturated heterocycles. The molecule has 2 aromatic rings. The number of rotatable bonds is 4. The van der Waals surface area contributed by atoms with Gasteiger partial charge >= 0.3 is 0 Å². The van der Waals surface area contributed by atoms with E-state index >= 15 is 0 Å². The maximum absolute atomic E-state index is 12.4. The van der Waals surface area contributed by atoms with E-state index in [0.717, 1.165) is 16.8 Å². The summed E-state index contributed by atoms with van der Waals surface area (Å²) in [6.45, 7) is 2.62. The van der Waals surface area contributed by atoms with Crippen LogP contribution in [0.4, 0.5) is 5.69 Å². The Kier molecular flexibility index (Phi) is 5.30. The Bertz CT molecular complexity index is 823. The van der Waals surface area contributed by atoms with E-state index in [4.69, 9.17) is 23.2 Å². The van der Waals surface area contributed by atoms with Crippen molar-refractivity contribution in [2.24, 2.45) is 5.92 Å². The fraction of sp³-hybridized carbons (Fsp3) is 0.263. The van der Waals surface area contributed by atoms with Gasteiger partial charge in [0.1, 0.15) is 0 Å². The summed E-state index contributed by atoms with van der Waals surface area (Å²) < 4.78 is 0. The van der Waals surface area contributed by atoms with Crippen molar-refractivity contribution < 1.29 is 9.59 Å². The third kappa shape index (κ3) is 3.97. The molecule has 1 N–H and O–H groups in total. The van der Waals surface area contributed by atoms with Crippen LogP contribution in [0.3, 0.4) is 0 Å². The second-order valence-corrected chi connectivity index (χ2v) is 6.99. The van der Waals surface area contributed by atoms with Crippen molar-refractivity contribution in [3.05, 3.63) is 63.6 Å². The van der Waals surface area contributed by atoms with Crippen molar-refractivity contribution in [1.82, 2.24) is 5.32 Å². The Morgan fingerprint density at radius 2 is 2.00 bits per heavy atom. The van der Waals surface area contributed by atoms with Crippen molar-refractivity contribution in [3.8, 4) is 0 Å². The van der Waals surface area contributed by atoms with E-state index in [1.165, 1.54) is 0 Å². The van der Waals surface area contributed by atoms with Crippen molar-refractivity contribution in [1.29, 1.82) is 0 Å². The second kappa shape index (κ2) is 7.46. The number of hydrogen-bond acceptors (Lipinski definition) is 2. The summed E-state index contributed by atoms with van der Waals surface area (Å²) in [6, 6.07) is 12.8. The number of halogens is 2. The predicted molar refractivity (Wildman–Crippen MR) is 99.9 cm³/mol. The van der Waals surface area contributed by atoms with Gasteiger partial charge < -0.3 is 10.2 Å². The molecule has 0 aliphatic carbocycles. The molecule has 0 bridgehead atoms. The van der Waals surface area contributed by atoms with Gasteiger partial charge in [-0.2, -0.15) is 0 Å². The Morgan fingerprint density at radius 1 is 1.24 bits per heavy atom. The fourth-order valence-corrected chi connectivity index (χ4v) is 3.44. The number of nitrogens with zero attached hydrogens (tertiary/aromatic N) is 1. The molecule has 2 amide bonds. The van der Waals surface area contributed by atoms with E-state index in [9.17, 15) is 9.59 Å². The molecular weight excluding hydrogens is 359 g/mol. The smallest absolute Gasteiger partial charge is 0.227 e. The molecule has 0 aromatic heterocycles. The van der Waals surface area contributed by atoms with Crippen LogP contribution in [0.25, 0.3) is 0 Å². The van der Waals surface area contributed by atoms with Gasteiger partial charge in [0.2, 0.25) is 11.8 Å². The zero-order chi connectivity index (χ0) is 18.0.